The van der Waals surface area contributed by atoms with E-state index in [1.54, 1.807) is 6.07 Å². The smallest absolute Gasteiger partial charge is 0.238 e. The summed E-state index contributed by atoms with van der Waals surface area (Å²) in [6, 6.07) is 5.47. The second kappa shape index (κ2) is 6.05. The Kier molecular flexibility index (Phi) is 4.01. The highest BCUT2D eigenvalue weighted by Gasteiger charge is 2.41. The lowest BCUT2D eigenvalue weighted by Gasteiger charge is -2.35. The van der Waals surface area contributed by atoms with Gasteiger partial charge in [0, 0.05) is 12.6 Å². The van der Waals surface area contributed by atoms with E-state index in [0.29, 0.717) is 23.7 Å². The number of nitrogens with zero attached hydrogens (tertiary/aromatic N) is 3. The molecule has 24 heavy (non-hydrogen) atoms. The van der Waals surface area contributed by atoms with Crippen LogP contribution in [0.15, 0.2) is 18.2 Å². The van der Waals surface area contributed by atoms with E-state index in [1.807, 2.05) is 17.0 Å². The van der Waals surface area contributed by atoms with Gasteiger partial charge in [0.1, 0.15) is 11.0 Å². The van der Waals surface area contributed by atoms with Crippen molar-refractivity contribution in [2.75, 3.05) is 29.9 Å². The first-order chi connectivity index (χ1) is 11.5. The van der Waals surface area contributed by atoms with Crippen molar-refractivity contribution in [3.05, 3.63) is 18.2 Å². The largest absolute Gasteiger partial charge is 0.323 e. The summed E-state index contributed by atoms with van der Waals surface area (Å²) >= 11 is 1.11. The number of anilines is 1. The second-order valence-corrected chi connectivity index (χ2v) is 9.23. The van der Waals surface area contributed by atoms with Gasteiger partial charge in [-0.25, -0.2) is 8.42 Å². The summed E-state index contributed by atoms with van der Waals surface area (Å²) in [5.74, 6) is 0.588. The molecule has 1 aliphatic carbocycles. The number of fused-ring (bicyclic) bond motifs is 1. The van der Waals surface area contributed by atoms with Gasteiger partial charge in [0.05, 0.1) is 35.5 Å². The topological polar surface area (TPSA) is 92.3 Å². The van der Waals surface area contributed by atoms with Crippen LogP contribution in [0, 0.1) is 5.92 Å². The van der Waals surface area contributed by atoms with Crippen LogP contribution < -0.4 is 5.32 Å². The number of carbonyl (C=O) groups is 1. The van der Waals surface area contributed by atoms with Gasteiger partial charge in [-0.1, -0.05) is 6.07 Å². The summed E-state index contributed by atoms with van der Waals surface area (Å²) in [6.45, 7) is 0.643. The van der Waals surface area contributed by atoms with Gasteiger partial charge in [-0.2, -0.15) is 8.75 Å². The maximum atomic E-state index is 12.4. The number of hydrogen-bond donors (Lipinski definition) is 1. The van der Waals surface area contributed by atoms with Crippen LogP contribution in [0.3, 0.4) is 0 Å². The van der Waals surface area contributed by atoms with Crippen LogP contribution in [0.1, 0.15) is 12.8 Å². The van der Waals surface area contributed by atoms with E-state index in [2.05, 4.69) is 14.1 Å². The zero-order valence-electron chi connectivity index (χ0n) is 13.0. The van der Waals surface area contributed by atoms with Crippen molar-refractivity contribution in [1.82, 2.24) is 13.6 Å². The van der Waals surface area contributed by atoms with E-state index in [4.69, 9.17) is 0 Å². The van der Waals surface area contributed by atoms with E-state index < -0.39 is 9.84 Å². The highest BCUT2D eigenvalue weighted by molar-refractivity contribution is 7.91. The lowest BCUT2D eigenvalue weighted by molar-refractivity contribution is -0.117. The molecule has 7 nitrogen and oxygen atoms in total. The molecule has 1 aliphatic heterocycles. The molecule has 0 bridgehead atoms. The Labute approximate surface area is 144 Å². The van der Waals surface area contributed by atoms with Gasteiger partial charge in [0.15, 0.2) is 9.84 Å². The summed E-state index contributed by atoms with van der Waals surface area (Å²) in [4.78, 5) is 14.5. The molecule has 2 heterocycles. The first kappa shape index (κ1) is 15.9. The lowest BCUT2D eigenvalue weighted by atomic mass is 10.1. The summed E-state index contributed by atoms with van der Waals surface area (Å²) in [5, 5.41) is 2.89. The average Bonchev–Trinajstić information content (AvgIpc) is 3.26. The van der Waals surface area contributed by atoms with Crippen LogP contribution >= 0.6 is 11.7 Å². The van der Waals surface area contributed by atoms with Crippen molar-refractivity contribution in [1.29, 1.82) is 0 Å². The maximum Gasteiger partial charge on any atom is 0.238 e. The molecular formula is C15H18N4O3S2. The van der Waals surface area contributed by atoms with Gasteiger partial charge in [-0.05, 0) is 30.9 Å². The third-order valence-electron chi connectivity index (χ3n) is 4.66. The SMILES string of the molecule is O=C(CN1CCS(=O)(=O)CC1C1CC1)Nc1cccc2nsnc12. The van der Waals surface area contributed by atoms with Gasteiger partial charge in [-0.15, -0.1) is 0 Å². The second-order valence-electron chi connectivity index (χ2n) is 6.48. The molecule has 2 fully saturated rings. The van der Waals surface area contributed by atoms with Crippen LogP contribution in [0.4, 0.5) is 5.69 Å². The molecule has 4 rings (SSSR count). The Bertz CT molecular complexity index is 876. The van der Waals surface area contributed by atoms with Crippen molar-refractivity contribution in [2.24, 2.45) is 5.92 Å². The van der Waals surface area contributed by atoms with E-state index >= 15 is 0 Å². The highest BCUT2D eigenvalue weighted by Crippen LogP contribution is 2.37. The Morgan fingerprint density at radius 3 is 2.96 bits per heavy atom. The molecule has 1 N–H and O–H groups in total. The fraction of sp³-hybridized carbons (Fsp3) is 0.533. The van der Waals surface area contributed by atoms with Crippen LogP contribution in [-0.2, 0) is 14.6 Å². The standard InChI is InChI=1S/C15H18N4O3S2/c20-14(16-11-2-1-3-12-15(11)18-23-17-12)8-19-6-7-24(21,22)9-13(19)10-4-5-10/h1-3,10,13H,4-9H2,(H,16,20). The lowest BCUT2D eigenvalue weighted by Crippen LogP contribution is -2.52. The first-order valence-electron chi connectivity index (χ1n) is 7.97. The van der Waals surface area contributed by atoms with Crippen molar-refractivity contribution in [3.8, 4) is 0 Å². The minimum absolute atomic E-state index is 0.0220. The minimum atomic E-state index is -2.98. The quantitative estimate of drug-likeness (QED) is 0.872. The molecule has 1 aromatic heterocycles. The zero-order valence-corrected chi connectivity index (χ0v) is 14.6. The van der Waals surface area contributed by atoms with Crippen molar-refractivity contribution in [2.45, 2.75) is 18.9 Å². The number of carbonyl (C=O) groups excluding carboxylic acids is 1. The van der Waals surface area contributed by atoms with Crippen LogP contribution in [0.2, 0.25) is 0 Å². The summed E-state index contributed by atoms with van der Waals surface area (Å²) in [6.07, 6.45) is 2.12. The number of benzene rings is 1. The number of nitrogens with one attached hydrogen (secondary N) is 1. The molecule has 2 aliphatic rings. The monoisotopic (exact) mass is 366 g/mol. The number of aromatic nitrogens is 2. The maximum absolute atomic E-state index is 12.4. The van der Waals surface area contributed by atoms with E-state index in [1.165, 1.54) is 0 Å². The fourth-order valence-electron chi connectivity index (χ4n) is 3.26. The third-order valence-corrected chi connectivity index (χ3v) is 6.85. The molecule has 0 spiro atoms. The van der Waals surface area contributed by atoms with E-state index in [-0.39, 0.29) is 30.0 Å². The molecular weight excluding hydrogens is 348 g/mol. The molecule has 1 atom stereocenters. The molecule has 1 saturated carbocycles. The Balaban J connectivity index is 1.46. The van der Waals surface area contributed by atoms with Gasteiger partial charge in [0.25, 0.3) is 0 Å². The minimum Gasteiger partial charge on any atom is -0.323 e. The van der Waals surface area contributed by atoms with Crippen molar-refractivity contribution in [3.63, 3.8) is 0 Å². The summed E-state index contributed by atoms with van der Waals surface area (Å²) in [7, 11) is -2.98. The fourth-order valence-corrected chi connectivity index (χ4v) is 5.50. The highest BCUT2D eigenvalue weighted by atomic mass is 32.2. The van der Waals surface area contributed by atoms with Crippen LogP contribution in [0.5, 0.6) is 0 Å². The Morgan fingerprint density at radius 2 is 2.17 bits per heavy atom. The van der Waals surface area contributed by atoms with Gasteiger partial charge in [-0.3, -0.25) is 9.69 Å². The Morgan fingerprint density at radius 1 is 1.33 bits per heavy atom. The molecule has 1 unspecified atom stereocenters. The van der Waals surface area contributed by atoms with E-state index in [0.717, 1.165) is 30.1 Å². The molecule has 1 aromatic carbocycles. The number of rotatable bonds is 4. The molecule has 9 heteroatoms. The first-order valence-corrected chi connectivity index (χ1v) is 10.5. The summed E-state index contributed by atoms with van der Waals surface area (Å²) < 4.78 is 32.2. The average molecular weight is 366 g/mol. The van der Waals surface area contributed by atoms with Gasteiger partial charge >= 0.3 is 0 Å². The molecule has 128 valence electrons. The normalized spacial score (nSPS) is 24.1. The van der Waals surface area contributed by atoms with Gasteiger partial charge < -0.3 is 5.32 Å². The van der Waals surface area contributed by atoms with Crippen molar-refractivity contribution < 1.29 is 13.2 Å². The van der Waals surface area contributed by atoms with E-state index in [9.17, 15) is 13.2 Å². The van der Waals surface area contributed by atoms with Gasteiger partial charge in [0.2, 0.25) is 5.91 Å². The zero-order chi connectivity index (χ0) is 16.7. The summed E-state index contributed by atoms with van der Waals surface area (Å²) in [5.41, 5.74) is 2.10. The van der Waals surface area contributed by atoms with Crippen LogP contribution in [0.25, 0.3) is 11.0 Å². The third kappa shape index (κ3) is 3.28. The number of hydrogen-bond acceptors (Lipinski definition) is 7. The molecule has 0 radical (unpaired) electrons. The predicted octanol–water partition coefficient (Wildman–Crippen LogP) is 1.14. The number of amides is 1. The Hall–Kier alpha value is -1.58. The van der Waals surface area contributed by atoms with Crippen LogP contribution in [-0.4, -0.2) is 58.6 Å². The van der Waals surface area contributed by atoms with Crippen molar-refractivity contribution >= 4 is 44.2 Å². The molecule has 2 aromatic rings. The molecule has 1 amide bonds. The number of sulfone groups is 1. The molecule has 1 saturated heterocycles. The predicted molar refractivity (Wildman–Crippen MR) is 92.8 cm³/mol.